The summed E-state index contributed by atoms with van der Waals surface area (Å²) in [6.45, 7) is 2.42. The van der Waals surface area contributed by atoms with Crippen LogP contribution in [0.1, 0.15) is 36.3 Å². The average Bonchev–Trinajstić information content (AvgIpc) is 2.98. The Morgan fingerprint density at radius 3 is 2.59 bits per heavy atom. The first-order valence-electron chi connectivity index (χ1n) is 13.2. The highest BCUT2D eigenvalue weighted by atomic mass is 16.5. The van der Waals surface area contributed by atoms with E-state index in [1.54, 1.807) is 24.3 Å². The number of hydrogen-bond acceptors (Lipinski definition) is 8. The Balaban J connectivity index is 1.22. The van der Waals surface area contributed by atoms with Crippen LogP contribution < -0.4 is 21.3 Å². The Morgan fingerprint density at radius 2 is 1.90 bits per heavy atom. The predicted octanol–water partition coefficient (Wildman–Crippen LogP) is 2.24. The van der Waals surface area contributed by atoms with Gasteiger partial charge in [0.2, 0.25) is 11.8 Å². The number of aromatic nitrogens is 2. The molecule has 10 heteroatoms. The fourth-order valence-corrected chi connectivity index (χ4v) is 5.45. The van der Waals surface area contributed by atoms with Gasteiger partial charge in [0.1, 0.15) is 12.1 Å². The minimum Gasteiger partial charge on any atom is -0.437 e. The van der Waals surface area contributed by atoms with Gasteiger partial charge < -0.3 is 25.8 Å². The lowest BCUT2D eigenvalue weighted by molar-refractivity contribution is -0.141. The van der Waals surface area contributed by atoms with E-state index >= 15 is 0 Å². The molecule has 4 N–H and O–H groups in total. The fourth-order valence-electron chi connectivity index (χ4n) is 5.45. The number of amides is 1. The molecule has 39 heavy (non-hydrogen) atoms. The number of nitrogens with one attached hydrogen (secondary N) is 1. The van der Waals surface area contributed by atoms with E-state index in [0.717, 1.165) is 25.1 Å². The van der Waals surface area contributed by atoms with Crippen LogP contribution in [0.3, 0.4) is 0 Å². The predicted molar refractivity (Wildman–Crippen MR) is 145 cm³/mol. The van der Waals surface area contributed by atoms with Gasteiger partial charge in [0.25, 0.3) is 5.56 Å². The maximum Gasteiger partial charge on any atom is 0.280 e. The number of nitriles is 1. The molecule has 1 amide bonds. The van der Waals surface area contributed by atoms with Crippen LogP contribution in [0.15, 0.2) is 65.7 Å². The molecule has 2 aliphatic heterocycles. The summed E-state index contributed by atoms with van der Waals surface area (Å²) >= 11 is 0. The van der Waals surface area contributed by atoms with Crippen LogP contribution in [-0.2, 0) is 11.3 Å². The number of likely N-dealkylation sites (tertiary alicyclic amines) is 1. The monoisotopic (exact) mass is 528 g/mol. The van der Waals surface area contributed by atoms with Crippen LogP contribution >= 0.6 is 0 Å². The van der Waals surface area contributed by atoms with Crippen molar-refractivity contribution in [2.45, 2.75) is 37.3 Å². The summed E-state index contributed by atoms with van der Waals surface area (Å²) in [4.78, 5) is 32.5. The highest BCUT2D eigenvalue weighted by Gasteiger charge is 2.39. The highest BCUT2D eigenvalue weighted by Crippen LogP contribution is 2.33. The van der Waals surface area contributed by atoms with Crippen molar-refractivity contribution in [3.63, 3.8) is 0 Å². The normalized spacial score (nSPS) is 20.7. The van der Waals surface area contributed by atoms with E-state index in [4.69, 9.17) is 15.7 Å². The Kier molecular flexibility index (Phi) is 7.63. The third-order valence-corrected chi connectivity index (χ3v) is 7.73. The number of nitrogens with two attached hydrogens (primary N) is 1. The van der Waals surface area contributed by atoms with Gasteiger partial charge in [-0.25, -0.2) is 4.98 Å². The second-order valence-corrected chi connectivity index (χ2v) is 10.3. The van der Waals surface area contributed by atoms with Crippen molar-refractivity contribution in [3.05, 3.63) is 82.4 Å². The molecule has 10 nitrogen and oxygen atoms in total. The summed E-state index contributed by atoms with van der Waals surface area (Å²) in [5.74, 6) is 0.494. The zero-order valence-electron chi connectivity index (χ0n) is 21.6. The lowest BCUT2D eigenvalue weighted by atomic mass is 9.80. The molecule has 0 saturated carbocycles. The Morgan fingerprint density at radius 1 is 1.18 bits per heavy atom. The number of carbonyl (C=O) groups excluding carboxylic acids is 1. The van der Waals surface area contributed by atoms with Gasteiger partial charge in [-0.15, -0.1) is 0 Å². The molecule has 3 heterocycles. The summed E-state index contributed by atoms with van der Waals surface area (Å²) in [7, 11) is 0. The topological polar surface area (TPSA) is 146 Å². The summed E-state index contributed by atoms with van der Waals surface area (Å²) in [6, 6.07) is 18.5. The smallest absolute Gasteiger partial charge is 0.280 e. The molecule has 3 aromatic rings. The summed E-state index contributed by atoms with van der Waals surface area (Å²) < 4.78 is 6.92. The number of nitrogens with zero attached hydrogens (tertiary/aromatic N) is 4. The third kappa shape index (κ3) is 5.79. The molecule has 2 atom stereocenters. The highest BCUT2D eigenvalue weighted by molar-refractivity contribution is 5.80. The second kappa shape index (κ2) is 11.3. The first-order chi connectivity index (χ1) is 18.9. The van der Waals surface area contributed by atoms with Crippen molar-refractivity contribution < 1.29 is 14.6 Å². The molecule has 1 aromatic heterocycles. The quantitative estimate of drug-likeness (QED) is 0.441. The van der Waals surface area contributed by atoms with E-state index in [1.807, 2.05) is 29.2 Å². The van der Waals surface area contributed by atoms with Crippen LogP contribution in [0.5, 0.6) is 11.6 Å². The van der Waals surface area contributed by atoms with E-state index in [9.17, 15) is 14.7 Å². The number of nitrogen functional groups attached to an aromatic ring is 1. The van der Waals surface area contributed by atoms with Crippen LogP contribution in [-0.4, -0.2) is 57.2 Å². The van der Waals surface area contributed by atoms with Gasteiger partial charge in [0.05, 0.1) is 23.8 Å². The van der Waals surface area contributed by atoms with E-state index in [1.165, 1.54) is 10.9 Å². The van der Waals surface area contributed by atoms with Gasteiger partial charge in [0, 0.05) is 31.5 Å². The summed E-state index contributed by atoms with van der Waals surface area (Å²) in [6.07, 6.45) is 2.77. The average molecular weight is 529 g/mol. The van der Waals surface area contributed by atoms with Crippen molar-refractivity contribution >= 4 is 11.6 Å². The van der Waals surface area contributed by atoms with Crippen molar-refractivity contribution in [1.82, 2.24) is 19.8 Å². The molecule has 202 valence electrons. The minimum absolute atomic E-state index is 0.0161. The number of carbonyl (C=O) groups is 1. The molecular weight excluding hydrogens is 496 g/mol. The number of benzene rings is 2. The molecule has 0 radical (unpaired) electrons. The van der Waals surface area contributed by atoms with Crippen LogP contribution in [0.25, 0.3) is 0 Å². The SMILES string of the molecule is N#Cc1ccc(Oc2ncn(CC3(O)CCN(C(=O)[C@@H]4CCNC[C@H]4c4ccccc4)CC3)c(=O)c2N)cc1. The largest absolute Gasteiger partial charge is 0.437 e. The molecule has 0 aliphatic carbocycles. The van der Waals surface area contributed by atoms with Crippen molar-refractivity contribution in [3.8, 4) is 17.7 Å². The summed E-state index contributed by atoms with van der Waals surface area (Å²) in [5, 5.41) is 23.6. The van der Waals surface area contributed by atoms with E-state index in [-0.39, 0.29) is 35.9 Å². The van der Waals surface area contributed by atoms with Crippen LogP contribution in [0.2, 0.25) is 0 Å². The van der Waals surface area contributed by atoms with Gasteiger partial charge >= 0.3 is 0 Å². The molecule has 2 aromatic carbocycles. The number of aliphatic hydroxyl groups is 1. The number of anilines is 1. The summed E-state index contributed by atoms with van der Waals surface area (Å²) in [5.41, 5.74) is 5.81. The maximum absolute atomic E-state index is 13.5. The van der Waals surface area contributed by atoms with Crippen LogP contribution in [0.4, 0.5) is 5.69 Å². The number of ether oxygens (including phenoxy) is 1. The molecule has 2 aliphatic rings. The first-order valence-corrected chi connectivity index (χ1v) is 13.2. The van der Waals surface area contributed by atoms with E-state index < -0.39 is 11.2 Å². The van der Waals surface area contributed by atoms with Gasteiger partial charge in [-0.1, -0.05) is 30.3 Å². The maximum atomic E-state index is 13.5. The first kappa shape index (κ1) is 26.4. The molecule has 2 fully saturated rings. The van der Waals surface area contributed by atoms with Gasteiger partial charge in [-0.3, -0.25) is 14.2 Å². The Hall–Kier alpha value is -4.20. The van der Waals surface area contributed by atoms with E-state index in [0.29, 0.717) is 37.2 Å². The molecular formula is C29H32N6O4. The lowest BCUT2D eigenvalue weighted by Gasteiger charge is -2.41. The van der Waals surface area contributed by atoms with Gasteiger partial charge in [0.15, 0.2) is 5.69 Å². The molecule has 2 saturated heterocycles. The number of rotatable bonds is 6. The van der Waals surface area contributed by atoms with Gasteiger partial charge in [-0.05, 0) is 55.6 Å². The van der Waals surface area contributed by atoms with E-state index in [2.05, 4.69) is 22.4 Å². The number of hydrogen-bond donors (Lipinski definition) is 3. The second-order valence-electron chi connectivity index (χ2n) is 10.3. The molecule has 0 unspecified atom stereocenters. The molecule has 5 rings (SSSR count). The van der Waals surface area contributed by atoms with Crippen molar-refractivity contribution in [2.75, 3.05) is 31.9 Å². The van der Waals surface area contributed by atoms with Crippen molar-refractivity contribution in [1.29, 1.82) is 5.26 Å². The zero-order chi connectivity index (χ0) is 27.4. The Labute approximate surface area is 226 Å². The lowest BCUT2D eigenvalue weighted by Crippen LogP contribution is -2.52. The third-order valence-electron chi connectivity index (χ3n) is 7.73. The van der Waals surface area contributed by atoms with Gasteiger partial charge in [-0.2, -0.15) is 5.26 Å². The zero-order valence-corrected chi connectivity index (χ0v) is 21.6. The fraction of sp³-hybridized carbons (Fsp3) is 0.379. The molecule has 0 spiro atoms. The molecule has 0 bridgehead atoms. The van der Waals surface area contributed by atoms with Crippen molar-refractivity contribution in [2.24, 2.45) is 5.92 Å². The Bertz CT molecular complexity index is 1410. The van der Waals surface area contributed by atoms with Crippen LogP contribution in [0, 0.1) is 17.2 Å². The minimum atomic E-state index is -1.17. The standard InChI is InChI=1S/C29H32N6O4/c30-16-20-6-8-22(9-7-20)39-26-25(31)28(37)35(19-33-26)18-29(38)11-14-34(15-12-29)27(36)23-10-13-32-17-24(23)21-4-2-1-3-5-21/h1-9,19,23-24,32,38H,10-15,17-18,31H2/t23-,24+/m1/s1. The number of piperidine rings is 2.